The molecule has 1 atom stereocenters. The van der Waals surface area contributed by atoms with E-state index in [4.69, 9.17) is 14.2 Å². The molecular formula is C76H144O6. The topological polar surface area (TPSA) is 78.9 Å². The molecule has 6 nitrogen and oxygen atoms in total. The third-order valence-electron chi connectivity index (χ3n) is 17.2. The lowest BCUT2D eigenvalue weighted by Crippen LogP contribution is -2.30. The molecule has 0 fully saturated rings. The fourth-order valence-electron chi connectivity index (χ4n) is 11.6. The van der Waals surface area contributed by atoms with Gasteiger partial charge < -0.3 is 14.2 Å². The summed E-state index contributed by atoms with van der Waals surface area (Å²) in [6.45, 7) is 6.70. The monoisotopic (exact) mass is 1150 g/mol. The standard InChI is InChI=1S/C76H144O6/c1-4-7-10-13-16-19-22-25-27-29-31-32-33-34-35-36-37-38-39-40-41-42-43-44-45-47-48-51-54-57-60-63-66-69-75(78)81-72-73(71-80-74(77)68-65-62-59-56-53-50-24-21-18-15-12-9-6-3)82-76(79)70-67-64-61-58-55-52-49-46-30-28-26-23-20-17-14-11-8-5-2/h21,24,29,31,73H,4-20,22-23,25-28,30,32-72H2,1-3H3/b24-21-,31-29-. The highest BCUT2D eigenvalue weighted by molar-refractivity contribution is 5.71. The van der Waals surface area contributed by atoms with Crippen LogP contribution in [0.25, 0.3) is 0 Å². The van der Waals surface area contributed by atoms with Crippen molar-refractivity contribution in [2.75, 3.05) is 13.2 Å². The first kappa shape index (κ1) is 79.9. The molecule has 0 heterocycles. The number of carbonyl (C=O) groups excluding carboxylic acids is 3. The van der Waals surface area contributed by atoms with Crippen molar-refractivity contribution in [2.45, 2.75) is 431 Å². The van der Waals surface area contributed by atoms with Crippen molar-refractivity contribution in [3.05, 3.63) is 24.3 Å². The predicted octanol–water partition coefficient (Wildman–Crippen LogP) is 25.7. The minimum atomic E-state index is -0.771. The fraction of sp³-hybridized carbons (Fsp3) is 0.908. The van der Waals surface area contributed by atoms with Crippen molar-refractivity contribution < 1.29 is 28.6 Å². The van der Waals surface area contributed by atoms with Gasteiger partial charge in [-0.3, -0.25) is 14.4 Å². The van der Waals surface area contributed by atoms with Crippen LogP contribution in [-0.2, 0) is 28.6 Å². The zero-order valence-corrected chi connectivity index (χ0v) is 55.8. The van der Waals surface area contributed by atoms with Crippen LogP contribution in [0.2, 0.25) is 0 Å². The van der Waals surface area contributed by atoms with Crippen molar-refractivity contribution in [1.82, 2.24) is 0 Å². The quantitative estimate of drug-likeness (QED) is 0.0261. The minimum Gasteiger partial charge on any atom is -0.462 e. The van der Waals surface area contributed by atoms with E-state index in [1.807, 2.05) is 0 Å². The lowest BCUT2D eigenvalue weighted by Gasteiger charge is -2.18. The summed E-state index contributed by atoms with van der Waals surface area (Å²) in [6.07, 6.45) is 88.1. The Bertz CT molecular complexity index is 1320. The van der Waals surface area contributed by atoms with Gasteiger partial charge in [-0.25, -0.2) is 0 Å². The van der Waals surface area contributed by atoms with E-state index in [1.165, 1.54) is 321 Å². The van der Waals surface area contributed by atoms with E-state index < -0.39 is 6.10 Å². The van der Waals surface area contributed by atoms with Crippen LogP contribution in [0.5, 0.6) is 0 Å². The minimum absolute atomic E-state index is 0.0670. The van der Waals surface area contributed by atoms with Crippen LogP contribution < -0.4 is 0 Å². The normalized spacial score (nSPS) is 12.1. The van der Waals surface area contributed by atoms with Crippen molar-refractivity contribution in [2.24, 2.45) is 0 Å². The van der Waals surface area contributed by atoms with Gasteiger partial charge in [-0.05, 0) is 70.6 Å². The summed E-state index contributed by atoms with van der Waals surface area (Å²) in [5, 5.41) is 0. The summed E-state index contributed by atoms with van der Waals surface area (Å²) in [7, 11) is 0. The van der Waals surface area contributed by atoms with E-state index in [9.17, 15) is 14.4 Å². The van der Waals surface area contributed by atoms with Crippen molar-refractivity contribution in [1.29, 1.82) is 0 Å². The first-order chi connectivity index (χ1) is 40.5. The van der Waals surface area contributed by atoms with E-state index >= 15 is 0 Å². The molecule has 82 heavy (non-hydrogen) atoms. The van der Waals surface area contributed by atoms with Crippen molar-refractivity contribution in [3.63, 3.8) is 0 Å². The largest absolute Gasteiger partial charge is 0.462 e. The van der Waals surface area contributed by atoms with Gasteiger partial charge in [0.05, 0.1) is 0 Å². The van der Waals surface area contributed by atoms with Crippen LogP contribution in [0.15, 0.2) is 24.3 Å². The van der Waals surface area contributed by atoms with Gasteiger partial charge in [0.15, 0.2) is 6.10 Å². The molecule has 0 aliphatic heterocycles. The Kier molecular flexibility index (Phi) is 69.5. The van der Waals surface area contributed by atoms with Crippen LogP contribution >= 0.6 is 0 Å². The zero-order valence-electron chi connectivity index (χ0n) is 55.8. The molecule has 0 spiro atoms. The molecular weight excluding hydrogens is 1010 g/mol. The SMILES string of the molecule is CCCCCC/C=C\CCCCCCCC(=O)OCC(COC(=O)CCCCCCCCCCCCCCCCCCCCCCC/C=C\CCCCCCCCCC)OC(=O)CCCCCCCCCCCCCCCCCCCC. The number of ether oxygens (including phenoxy) is 3. The molecule has 0 saturated heterocycles. The lowest BCUT2D eigenvalue weighted by molar-refractivity contribution is -0.167. The molecule has 0 amide bonds. The molecule has 6 heteroatoms. The van der Waals surface area contributed by atoms with Gasteiger partial charge in [0.25, 0.3) is 0 Å². The number of rotatable bonds is 70. The van der Waals surface area contributed by atoms with E-state index in [1.54, 1.807) is 0 Å². The summed E-state index contributed by atoms with van der Waals surface area (Å²) in [4.78, 5) is 38.4. The second-order valence-corrected chi connectivity index (χ2v) is 25.6. The molecule has 0 N–H and O–H groups in total. The predicted molar refractivity (Wildman–Crippen MR) is 358 cm³/mol. The van der Waals surface area contributed by atoms with Gasteiger partial charge in [0, 0.05) is 19.3 Å². The summed E-state index contributed by atoms with van der Waals surface area (Å²) in [5.41, 5.74) is 0. The number of unbranched alkanes of at least 4 members (excludes halogenated alkanes) is 55. The van der Waals surface area contributed by atoms with Gasteiger partial charge in [-0.1, -0.05) is 360 Å². The third kappa shape index (κ3) is 68.7. The summed E-state index contributed by atoms with van der Waals surface area (Å²) in [6, 6.07) is 0. The lowest BCUT2D eigenvalue weighted by atomic mass is 10.0. The summed E-state index contributed by atoms with van der Waals surface area (Å²) >= 11 is 0. The Morgan fingerprint density at radius 1 is 0.232 bits per heavy atom. The van der Waals surface area contributed by atoms with Gasteiger partial charge in [-0.15, -0.1) is 0 Å². The third-order valence-corrected chi connectivity index (χ3v) is 17.2. The van der Waals surface area contributed by atoms with E-state index in [0.29, 0.717) is 19.3 Å². The molecule has 0 aliphatic rings. The molecule has 0 aliphatic carbocycles. The van der Waals surface area contributed by atoms with Gasteiger partial charge in [-0.2, -0.15) is 0 Å². The highest BCUT2D eigenvalue weighted by Crippen LogP contribution is 2.19. The molecule has 0 saturated carbocycles. The molecule has 484 valence electrons. The van der Waals surface area contributed by atoms with E-state index in [2.05, 4.69) is 45.1 Å². The maximum atomic E-state index is 12.9. The Balaban J connectivity index is 4.09. The molecule has 0 aromatic rings. The van der Waals surface area contributed by atoms with E-state index in [0.717, 1.165) is 64.2 Å². The maximum absolute atomic E-state index is 12.9. The average Bonchev–Trinajstić information content (AvgIpc) is 3.47. The number of esters is 3. The average molecular weight is 1150 g/mol. The Morgan fingerprint density at radius 2 is 0.402 bits per heavy atom. The molecule has 0 rings (SSSR count). The van der Waals surface area contributed by atoms with Crippen LogP contribution in [0, 0.1) is 0 Å². The maximum Gasteiger partial charge on any atom is 0.306 e. The highest BCUT2D eigenvalue weighted by atomic mass is 16.6. The fourth-order valence-corrected chi connectivity index (χ4v) is 11.6. The molecule has 0 aromatic heterocycles. The number of carbonyl (C=O) groups is 3. The Labute approximate surface area is 513 Å². The number of allylic oxidation sites excluding steroid dienone is 4. The highest BCUT2D eigenvalue weighted by Gasteiger charge is 2.20. The van der Waals surface area contributed by atoms with Gasteiger partial charge in [0.1, 0.15) is 13.2 Å². The van der Waals surface area contributed by atoms with Gasteiger partial charge >= 0.3 is 17.9 Å². The molecule has 0 radical (unpaired) electrons. The van der Waals surface area contributed by atoms with Crippen LogP contribution in [0.4, 0.5) is 0 Å². The number of hydrogen-bond acceptors (Lipinski definition) is 6. The number of hydrogen-bond donors (Lipinski definition) is 0. The van der Waals surface area contributed by atoms with Crippen molar-refractivity contribution in [3.8, 4) is 0 Å². The van der Waals surface area contributed by atoms with Crippen molar-refractivity contribution >= 4 is 17.9 Å². The summed E-state index contributed by atoms with van der Waals surface area (Å²) < 4.78 is 17.0. The second-order valence-electron chi connectivity index (χ2n) is 25.6. The molecule has 1 unspecified atom stereocenters. The first-order valence-corrected chi connectivity index (χ1v) is 37.3. The Morgan fingerprint density at radius 3 is 0.622 bits per heavy atom. The summed E-state index contributed by atoms with van der Waals surface area (Å²) in [5.74, 6) is -0.843. The zero-order chi connectivity index (χ0) is 59.2. The van der Waals surface area contributed by atoms with Crippen LogP contribution in [-0.4, -0.2) is 37.2 Å². The second kappa shape index (κ2) is 71.4. The molecule has 0 aromatic carbocycles. The van der Waals surface area contributed by atoms with Crippen LogP contribution in [0.3, 0.4) is 0 Å². The first-order valence-electron chi connectivity index (χ1n) is 37.3. The smallest absolute Gasteiger partial charge is 0.306 e. The van der Waals surface area contributed by atoms with Gasteiger partial charge in [0.2, 0.25) is 0 Å². The Hall–Kier alpha value is -2.11. The van der Waals surface area contributed by atoms with Crippen LogP contribution in [0.1, 0.15) is 425 Å². The van der Waals surface area contributed by atoms with E-state index in [-0.39, 0.29) is 31.1 Å². The molecule has 0 bridgehead atoms.